The van der Waals surface area contributed by atoms with Gasteiger partial charge in [-0.3, -0.25) is 9.59 Å². The van der Waals surface area contributed by atoms with E-state index >= 15 is 0 Å². The number of likely N-dealkylation sites (tertiary alicyclic amines) is 1. The molecule has 9 heteroatoms. The summed E-state index contributed by atoms with van der Waals surface area (Å²) in [6, 6.07) is 5.00. The van der Waals surface area contributed by atoms with Crippen LogP contribution in [0.1, 0.15) is 26.5 Å². The predicted octanol–water partition coefficient (Wildman–Crippen LogP) is 1.74. The maximum Gasteiger partial charge on any atom is 0.290 e. The number of rotatable bonds is 4. The van der Waals surface area contributed by atoms with E-state index in [0.717, 1.165) is 5.56 Å². The third-order valence-electron chi connectivity index (χ3n) is 5.13. The highest BCUT2D eigenvalue weighted by atomic mass is 32.2. The molecule has 2 atom stereocenters. The molecule has 0 bridgehead atoms. The van der Waals surface area contributed by atoms with Crippen molar-refractivity contribution in [3.8, 4) is 0 Å². The quantitative estimate of drug-likeness (QED) is 0.758. The molecule has 0 aliphatic carbocycles. The molecule has 2 aromatic rings. The molecule has 0 spiro atoms. The molecule has 0 saturated carbocycles. The van der Waals surface area contributed by atoms with Crippen LogP contribution in [0.25, 0.3) is 0 Å². The van der Waals surface area contributed by atoms with Crippen molar-refractivity contribution in [2.45, 2.75) is 30.2 Å². The van der Waals surface area contributed by atoms with Crippen LogP contribution in [-0.4, -0.2) is 72.5 Å². The summed E-state index contributed by atoms with van der Waals surface area (Å²) >= 11 is 1.43. The van der Waals surface area contributed by atoms with Gasteiger partial charge >= 0.3 is 0 Å². The highest BCUT2D eigenvalue weighted by Gasteiger charge is 2.40. The van der Waals surface area contributed by atoms with E-state index in [0.29, 0.717) is 42.7 Å². The highest BCUT2D eigenvalue weighted by molar-refractivity contribution is 7.98. The Balaban J connectivity index is 1.34. The van der Waals surface area contributed by atoms with E-state index in [9.17, 15) is 9.59 Å². The molecule has 0 unspecified atom stereocenters. The van der Waals surface area contributed by atoms with E-state index in [2.05, 4.69) is 10.3 Å². The van der Waals surface area contributed by atoms with Crippen LogP contribution < -0.4 is 5.32 Å². The van der Waals surface area contributed by atoms with Gasteiger partial charge in [-0.05, 0) is 31.4 Å². The van der Waals surface area contributed by atoms with Crippen molar-refractivity contribution < 1.29 is 23.5 Å². The number of pyridine rings is 1. The summed E-state index contributed by atoms with van der Waals surface area (Å²) in [6.45, 7) is 3.36. The second-order valence-corrected chi connectivity index (χ2v) is 7.91. The second-order valence-electron chi connectivity index (χ2n) is 7.12. The Morgan fingerprint density at radius 1 is 1.21 bits per heavy atom. The minimum Gasteiger partial charge on any atom is -0.459 e. The fourth-order valence-corrected chi connectivity index (χ4v) is 4.11. The molecule has 2 aliphatic heterocycles. The lowest BCUT2D eigenvalue weighted by atomic mass is 10.2. The first-order valence-electron chi connectivity index (χ1n) is 9.43. The van der Waals surface area contributed by atoms with Crippen LogP contribution in [0.3, 0.4) is 0 Å². The Morgan fingerprint density at radius 2 is 1.93 bits per heavy atom. The van der Waals surface area contributed by atoms with Crippen molar-refractivity contribution in [2.75, 3.05) is 32.6 Å². The van der Waals surface area contributed by atoms with Gasteiger partial charge < -0.3 is 24.1 Å². The molecular formula is C20H23N3O5S. The fourth-order valence-electron chi connectivity index (χ4n) is 3.57. The molecule has 154 valence electrons. The lowest BCUT2D eigenvalue weighted by Crippen LogP contribution is -2.41. The standard InChI is InChI=1S/C20H23N3O5S/c1-12-5-7-26-17(12)20(25)23-8-15-16(9-23)28-11-13(10-27-15)22-18(24)14-4-3-6-21-19(14)29-2/h3-7,13,15-16H,8-11H2,1-2H3,(H,22,24)/t15-,16-/m0/s1. The van der Waals surface area contributed by atoms with E-state index in [1.807, 2.05) is 13.2 Å². The van der Waals surface area contributed by atoms with Gasteiger partial charge in [0.1, 0.15) is 17.2 Å². The van der Waals surface area contributed by atoms with Crippen LogP contribution >= 0.6 is 11.8 Å². The van der Waals surface area contributed by atoms with Crippen LogP contribution in [0.2, 0.25) is 0 Å². The molecule has 2 aliphatic rings. The second kappa shape index (κ2) is 8.56. The first-order valence-corrected chi connectivity index (χ1v) is 10.7. The van der Waals surface area contributed by atoms with Crippen LogP contribution in [-0.2, 0) is 9.47 Å². The Kier molecular flexibility index (Phi) is 5.89. The van der Waals surface area contributed by atoms with Gasteiger partial charge in [0.15, 0.2) is 5.76 Å². The monoisotopic (exact) mass is 417 g/mol. The average molecular weight is 417 g/mol. The molecule has 2 amide bonds. The van der Waals surface area contributed by atoms with Crippen LogP contribution in [0, 0.1) is 6.92 Å². The van der Waals surface area contributed by atoms with Gasteiger partial charge in [0.05, 0.1) is 44.2 Å². The average Bonchev–Trinajstić information content (AvgIpc) is 3.30. The number of thioether (sulfide) groups is 1. The van der Waals surface area contributed by atoms with Crippen molar-refractivity contribution in [3.05, 3.63) is 47.5 Å². The number of ether oxygens (including phenoxy) is 2. The minimum absolute atomic E-state index is 0.154. The summed E-state index contributed by atoms with van der Waals surface area (Å²) in [7, 11) is 0. The van der Waals surface area contributed by atoms with Gasteiger partial charge in [0, 0.05) is 11.8 Å². The molecule has 2 aromatic heterocycles. The molecular weight excluding hydrogens is 394 g/mol. The van der Waals surface area contributed by atoms with Crippen LogP contribution in [0.5, 0.6) is 0 Å². The fraction of sp³-hybridized carbons (Fsp3) is 0.450. The van der Waals surface area contributed by atoms with E-state index < -0.39 is 0 Å². The van der Waals surface area contributed by atoms with Crippen LogP contribution in [0.15, 0.2) is 40.1 Å². The van der Waals surface area contributed by atoms with Crippen molar-refractivity contribution in [3.63, 3.8) is 0 Å². The van der Waals surface area contributed by atoms with E-state index in [1.165, 1.54) is 18.0 Å². The number of fused-ring (bicyclic) bond motifs is 1. The molecule has 4 rings (SSSR count). The Labute approximate surface area is 172 Å². The number of carbonyl (C=O) groups excluding carboxylic acids is 2. The van der Waals surface area contributed by atoms with Crippen LogP contribution in [0.4, 0.5) is 0 Å². The molecule has 4 heterocycles. The molecule has 2 fully saturated rings. The summed E-state index contributed by atoms with van der Waals surface area (Å²) < 4.78 is 17.3. The Morgan fingerprint density at radius 3 is 2.55 bits per heavy atom. The highest BCUT2D eigenvalue weighted by Crippen LogP contribution is 2.23. The third-order valence-corrected chi connectivity index (χ3v) is 5.84. The number of nitrogens with one attached hydrogen (secondary N) is 1. The number of furan rings is 1. The largest absolute Gasteiger partial charge is 0.459 e. The van der Waals surface area contributed by atoms with Gasteiger partial charge in [-0.2, -0.15) is 0 Å². The molecule has 2 saturated heterocycles. The van der Waals surface area contributed by atoms with Gasteiger partial charge in [0.2, 0.25) is 0 Å². The van der Waals surface area contributed by atoms with Crippen molar-refractivity contribution in [2.24, 2.45) is 0 Å². The number of carbonyl (C=O) groups is 2. The minimum atomic E-state index is -0.264. The van der Waals surface area contributed by atoms with E-state index in [1.54, 1.807) is 29.3 Å². The maximum absolute atomic E-state index is 12.6. The first kappa shape index (κ1) is 19.9. The van der Waals surface area contributed by atoms with Gasteiger partial charge in [-0.25, -0.2) is 4.98 Å². The van der Waals surface area contributed by atoms with Gasteiger partial charge in [-0.15, -0.1) is 11.8 Å². The third kappa shape index (κ3) is 4.17. The molecule has 0 radical (unpaired) electrons. The van der Waals surface area contributed by atoms with Crippen molar-refractivity contribution in [1.82, 2.24) is 15.2 Å². The molecule has 8 nitrogen and oxygen atoms in total. The van der Waals surface area contributed by atoms with Gasteiger partial charge in [-0.1, -0.05) is 0 Å². The number of amides is 2. The summed E-state index contributed by atoms with van der Waals surface area (Å²) in [6.07, 6.45) is 4.61. The topological polar surface area (TPSA) is 93.9 Å². The molecule has 29 heavy (non-hydrogen) atoms. The lowest BCUT2D eigenvalue weighted by molar-refractivity contribution is -0.00461. The number of hydrogen-bond acceptors (Lipinski definition) is 7. The summed E-state index contributed by atoms with van der Waals surface area (Å²) in [5.74, 6) is 0.00303. The number of aromatic nitrogens is 1. The first-order chi connectivity index (χ1) is 14.1. The summed E-state index contributed by atoms with van der Waals surface area (Å²) in [5.41, 5.74) is 1.35. The predicted molar refractivity (Wildman–Crippen MR) is 106 cm³/mol. The lowest BCUT2D eigenvalue weighted by Gasteiger charge is -2.19. The zero-order chi connectivity index (χ0) is 20.4. The van der Waals surface area contributed by atoms with E-state index in [-0.39, 0.29) is 30.1 Å². The molecule has 0 aromatic carbocycles. The summed E-state index contributed by atoms with van der Waals surface area (Å²) in [5, 5.41) is 3.65. The Bertz CT molecular complexity index is 886. The van der Waals surface area contributed by atoms with Crippen molar-refractivity contribution in [1.29, 1.82) is 0 Å². The maximum atomic E-state index is 12.6. The zero-order valence-corrected chi connectivity index (χ0v) is 17.1. The SMILES string of the molecule is CSc1ncccc1C(=O)NC1CO[C@H]2CN(C(=O)c3occc3C)C[C@@H]2OC1. The van der Waals surface area contributed by atoms with Gasteiger partial charge in [0.25, 0.3) is 11.8 Å². The number of hydrogen-bond donors (Lipinski definition) is 1. The number of nitrogens with zero attached hydrogens (tertiary/aromatic N) is 2. The zero-order valence-electron chi connectivity index (χ0n) is 16.3. The normalized spacial score (nSPS) is 22.2. The summed E-state index contributed by atoms with van der Waals surface area (Å²) in [4.78, 5) is 31.2. The van der Waals surface area contributed by atoms with E-state index in [4.69, 9.17) is 13.9 Å². The molecule has 1 N–H and O–H groups in total. The Hall–Kier alpha value is -2.36. The van der Waals surface area contributed by atoms with Crippen molar-refractivity contribution >= 4 is 23.6 Å². The smallest absolute Gasteiger partial charge is 0.290 e. The number of aryl methyl sites for hydroxylation is 1.